The fourth-order valence-electron chi connectivity index (χ4n) is 2.53. The molecule has 0 saturated heterocycles. The van der Waals surface area contributed by atoms with Crippen molar-refractivity contribution in [2.45, 2.75) is 33.1 Å². The van der Waals surface area contributed by atoms with E-state index < -0.39 is 23.1 Å². The number of hydrogen-bond acceptors (Lipinski definition) is 6. The normalized spacial score (nSPS) is 12.0. The summed E-state index contributed by atoms with van der Waals surface area (Å²) >= 11 is 0. The van der Waals surface area contributed by atoms with Crippen LogP contribution in [0.1, 0.15) is 43.3 Å². The first-order chi connectivity index (χ1) is 12.3. The van der Waals surface area contributed by atoms with Crippen LogP contribution >= 0.6 is 0 Å². The van der Waals surface area contributed by atoms with Crippen LogP contribution in [-0.2, 0) is 9.53 Å². The third-order valence-electron chi connectivity index (χ3n) is 3.85. The quantitative estimate of drug-likeness (QED) is 0.762. The van der Waals surface area contributed by atoms with E-state index >= 15 is 0 Å². The molecule has 6 heteroatoms. The summed E-state index contributed by atoms with van der Waals surface area (Å²) in [5.41, 5.74) is 0.159. The van der Waals surface area contributed by atoms with E-state index in [1.165, 1.54) is 13.2 Å². The molecular weight excluding hydrogens is 336 g/mol. The van der Waals surface area contributed by atoms with Crippen molar-refractivity contribution in [2.75, 3.05) is 13.7 Å². The number of rotatable bonds is 7. The predicted molar refractivity (Wildman–Crippen MR) is 96.6 cm³/mol. The van der Waals surface area contributed by atoms with E-state index in [-0.39, 0.29) is 12.2 Å². The Morgan fingerprint density at radius 3 is 2.46 bits per heavy atom. The Morgan fingerprint density at radius 2 is 1.88 bits per heavy atom. The second kappa shape index (κ2) is 8.56. The Bertz CT molecular complexity index is 804. The highest BCUT2D eigenvalue weighted by Gasteiger charge is 2.26. The van der Waals surface area contributed by atoms with Crippen molar-refractivity contribution in [3.8, 4) is 11.5 Å². The molecule has 1 atom stereocenters. The Kier molecular flexibility index (Phi) is 6.44. The summed E-state index contributed by atoms with van der Waals surface area (Å²) in [6.45, 7) is 6.33. The maximum atomic E-state index is 11.9. The largest absolute Gasteiger partial charge is 0.502 e. The van der Waals surface area contributed by atoms with Crippen molar-refractivity contribution >= 4 is 5.97 Å². The van der Waals surface area contributed by atoms with Gasteiger partial charge in [-0.1, -0.05) is 26.0 Å². The molecule has 0 saturated carbocycles. The van der Waals surface area contributed by atoms with Crippen LogP contribution in [0.15, 0.2) is 39.5 Å². The van der Waals surface area contributed by atoms with Gasteiger partial charge >= 0.3 is 5.97 Å². The van der Waals surface area contributed by atoms with Crippen molar-refractivity contribution in [1.82, 2.24) is 0 Å². The highest BCUT2D eigenvalue weighted by molar-refractivity contribution is 5.71. The molecular formula is C20H24O6. The molecule has 140 valence electrons. The minimum Gasteiger partial charge on any atom is -0.502 e. The summed E-state index contributed by atoms with van der Waals surface area (Å²) < 4.78 is 16.0. The smallest absolute Gasteiger partial charge is 0.306 e. The van der Waals surface area contributed by atoms with Crippen LogP contribution in [0.4, 0.5) is 0 Å². The van der Waals surface area contributed by atoms with Gasteiger partial charge in [-0.2, -0.15) is 0 Å². The van der Waals surface area contributed by atoms with Crippen LogP contribution in [0.2, 0.25) is 0 Å². The molecule has 0 aliphatic rings. The second-order valence-electron chi connectivity index (χ2n) is 6.54. The van der Waals surface area contributed by atoms with Crippen LogP contribution in [0.25, 0.3) is 0 Å². The van der Waals surface area contributed by atoms with E-state index in [9.17, 15) is 14.7 Å². The van der Waals surface area contributed by atoms with Crippen LogP contribution in [0.3, 0.4) is 0 Å². The molecule has 0 aliphatic heterocycles. The summed E-state index contributed by atoms with van der Waals surface area (Å²) in [6, 6.07) is 8.34. The van der Waals surface area contributed by atoms with Crippen molar-refractivity contribution in [2.24, 2.45) is 5.92 Å². The number of hydrogen-bond donors (Lipinski definition) is 1. The number of aryl methyl sites for hydroxylation is 1. The number of carbonyl (C=O) groups is 1. The standard InChI is InChI=1S/C20H24O6/c1-12(2)11-25-15-7-5-14(6-8-15)16(10-18(22)24-4)20-19(23)17(21)9-13(3)26-20/h5-9,12,16,23H,10-11H2,1-4H3/t16-/m1/s1. The van der Waals surface area contributed by atoms with Crippen molar-refractivity contribution in [3.05, 3.63) is 57.6 Å². The van der Waals surface area contributed by atoms with E-state index in [0.717, 1.165) is 0 Å². The van der Waals surface area contributed by atoms with E-state index in [0.29, 0.717) is 29.6 Å². The Morgan fingerprint density at radius 1 is 1.23 bits per heavy atom. The lowest BCUT2D eigenvalue weighted by molar-refractivity contribution is -0.140. The van der Waals surface area contributed by atoms with Gasteiger partial charge in [0.15, 0.2) is 5.76 Å². The topological polar surface area (TPSA) is 86.0 Å². The molecule has 6 nitrogen and oxygen atoms in total. The molecule has 1 N–H and O–H groups in total. The maximum Gasteiger partial charge on any atom is 0.306 e. The molecule has 1 heterocycles. The average molecular weight is 360 g/mol. The van der Waals surface area contributed by atoms with Gasteiger partial charge in [0.1, 0.15) is 11.5 Å². The van der Waals surface area contributed by atoms with Crippen LogP contribution in [-0.4, -0.2) is 24.8 Å². The van der Waals surface area contributed by atoms with Gasteiger partial charge < -0.3 is 19.0 Å². The van der Waals surface area contributed by atoms with Gasteiger partial charge in [0.05, 0.1) is 26.1 Å². The third kappa shape index (κ3) is 4.88. The molecule has 0 amide bonds. The van der Waals surface area contributed by atoms with Gasteiger partial charge in [-0.3, -0.25) is 9.59 Å². The zero-order valence-corrected chi connectivity index (χ0v) is 15.4. The van der Waals surface area contributed by atoms with Crippen LogP contribution in [0, 0.1) is 12.8 Å². The minimum absolute atomic E-state index is 0.0521. The third-order valence-corrected chi connectivity index (χ3v) is 3.85. The lowest BCUT2D eigenvalue weighted by Gasteiger charge is -2.17. The summed E-state index contributed by atoms with van der Waals surface area (Å²) in [4.78, 5) is 23.8. The molecule has 2 rings (SSSR count). The van der Waals surface area contributed by atoms with Gasteiger partial charge in [-0.15, -0.1) is 0 Å². The molecule has 2 aromatic rings. The molecule has 1 aromatic heterocycles. The summed E-state index contributed by atoms with van der Waals surface area (Å²) in [7, 11) is 1.29. The average Bonchev–Trinajstić information content (AvgIpc) is 2.61. The first-order valence-electron chi connectivity index (χ1n) is 8.45. The fourth-order valence-corrected chi connectivity index (χ4v) is 2.53. The number of ether oxygens (including phenoxy) is 2. The zero-order chi connectivity index (χ0) is 19.3. The van der Waals surface area contributed by atoms with Crippen molar-refractivity contribution in [1.29, 1.82) is 0 Å². The van der Waals surface area contributed by atoms with Gasteiger partial charge in [-0.05, 0) is 30.5 Å². The first-order valence-corrected chi connectivity index (χ1v) is 8.45. The molecule has 1 aromatic carbocycles. The van der Waals surface area contributed by atoms with Crippen LogP contribution in [0.5, 0.6) is 11.5 Å². The Hall–Kier alpha value is -2.76. The molecule has 0 radical (unpaired) electrons. The molecule has 0 bridgehead atoms. The van der Waals surface area contributed by atoms with Crippen LogP contribution < -0.4 is 10.2 Å². The molecule has 0 unspecified atom stereocenters. The summed E-state index contributed by atoms with van der Waals surface area (Å²) in [6.07, 6.45) is -0.0668. The minimum atomic E-state index is -0.644. The second-order valence-corrected chi connectivity index (χ2v) is 6.54. The number of benzene rings is 1. The lowest BCUT2D eigenvalue weighted by Crippen LogP contribution is -2.13. The highest BCUT2D eigenvalue weighted by Crippen LogP contribution is 2.34. The van der Waals surface area contributed by atoms with Gasteiger partial charge in [0.2, 0.25) is 11.2 Å². The number of carbonyl (C=O) groups excluding carboxylic acids is 1. The van der Waals surface area contributed by atoms with E-state index in [1.54, 1.807) is 31.2 Å². The number of aromatic hydroxyl groups is 1. The lowest BCUT2D eigenvalue weighted by atomic mass is 9.92. The number of methoxy groups -OCH3 is 1. The van der Waals surface area contributed by atoms with Crippen molar-refractivity contribution in [3.63, 3.8) is 0 Å². The monoisotopic (exact) mass is 360 g/mol. The summed E-state index contributed by atoms with van der Waals surface area (Å²) in [5, 5.41) is 10.2. The number of esters is 1. The Balaban J connectivity index is 2.39. The summed E-state index contributed by atoms with van der Waals surface area (Å²) in [5.74, 6) is -0.0993. The zero-order valence-electron chi connectivity index (χ0n) is 15.4. The predicted octanol–water partition coefficient (Wildman–Crippen LogP) is 3.38. The van der Waals surface area contributed by atoms with E-state index in [4.69, 9.17) is 13.9 Å². The molecule has 0 aliphatic carbocycles. The van der Waals surface area contributed by atoms with E-state index in [1.807, 2.05) is 0 Å². The van der Waals surface area contributed by atoms with E-state index in [2.05, 4.69) is 13.8 Å². The Labute approximate surface area is 152 Å². The molecule has 0 spiro atoms. The maximum absolute atomic E-state index is 11.9. The van der Waals surface area contributed by atoms with Gasteiger partial charge in [0.25, 0.3) is 0 Å². The highest BCUT2D eigenvalue weighted by atomic mass is 16.5. The van der Waals surface area contributed by atoms with Gasteiger partial charge in [0, 0.05) is 6.07 Å². The molecule has 0 fully saturated rings. The van der Waals surface area contributed by atoms with Gasteiger partial charge in [-0.25, -0.2) is 0 Å². The fraction of sp³-hybridized carbons (Fsp3) is 0.400. The SMILES string of the molecule is COC(=O)C[C@H](c1ccc(OCC(C)C)cc1)c1oc(C)cc(=O)c1O. The molecule has 26 heavy (non-hydrogen) atoms. The van der Waals surface area contributed by atoms with Crippen molar-refractivity contribution < 1.29 is 23.8 Å². The first kappa shape index (κ1) is 19.6.